The lowest BCUT2D eigenvalue weighted by Crippen LogP contribution is -2.20. The molecule has 1 aliphatic carbocycles. The molecule has 3 heteroatoms. The summed E-state index contributed by atoms with van der Waals surface area (Å²) in [6.45, 7) is 1.81. The molecule has 0 aromatic heterocycles. The van der Waals surface area contributed by atoms with Crippen LogP contribution in [0.2, 0.25) is 0 Å². The quantitative estimate of drug-likeness (QED) is 0.800. The number of hydrogen-bond donors (Lipinski definition) is 2. The van der Waals surface area contributed by atoms with Gasteiger partial charge in [-0.25, -0.2) is 0 Å². The van der Waals surface area contributed by atoms with Gasteiger partial charge in [0, 0.05) is 17.2 Å². The van der Waals surface area contributed by atoms with Crippen molar-refractivity contribution in [3.05, 3.63) is 29.3 Å². The molecule has 1 aromatic rings. The van der Waals surface area contributed by atoms with Crippen LogP contribution in [0, 0.1) is 24.7 Å². The van der Waals surface area contributed by atoms with Gasteiger partial charge in [0.15, 0.2) is 0 Å². The lowest BCUT2D eigenvalue weighted by atomic mass is 10.1. The average Bonchev–Trinajstić information content (AvgIpc) is 2.93. The predicted octanol–water partition coefficient (Wildman–Crippen LogP) is 2.47. The minimum absolute atomic E-state index is 0.113. The molecule has 1 aromatic carbocycles. The third-order valence-corrected chi connectivity index (χ3v) is 3.53. The van der Waals surface area contributed by atoms with Crippen molar-refractivity contribution in [1.29, 1.82) is 0 Å². The Bertz CT molecular complexity index is 519. The van der Waals surface area contributed by atoms with Crippen LogP contribution in [0.4, 0.5) is 5.69 Å². The number of carbonyl (C=O) groups excluding carboxylic acids is 1. The molecule has 19 heavy (non-hydrogen) atoms. The molecule has 3 nitrogen and oxygen atoms in total. The largest absolute Gasteiger partial charge is 0.384 e. The molecular formula is C16H19NO2. The van der Waals surface area contributed by atoms with Crippen LogP contribution >= 0.6 is 0 Å². The van der Waals surface area contributed by atoms with Gasteiger partial charge in [-0.1, -0.05) is 30.7 Å². The number of aliphatic hydroxyl groups excluding tert-OH is 1. The SMILES string of the molecule is Cc1ccc(NC(=O)C2CCCC2)cc1C#CCO. The normalized spacial score (nSPS) is 14.8. The summed E-state index contributed by atoms with van der Waals surface area (Å²) < 4.78 is 0. The second kappa shape index (κ2) is 6.40. The molecule has 0 saturated heterocycles. The molecule has 2 rings (SSSR count). The van der Waals surface area contributed by atoms with Crippen molar-refractivity contribution in [2.75, 3.05) is 11.9 Å². The summed E-state index contributed by atoms with van der Waals surface area (Å²) in [4.78, 5) is 12.0. The lowest BCUT2D eigenvalue weighted by molar-refractivity contribution is -0.119. The highest BCUT2D eigenvalue weighted by molar-refractivity contribution is 5.92. The second-order valence-corrected chi connectivity index (χ2v) is 4.96. The minimum atomic E-state index is -0.155. The Balaban J connectivity index is 2.10. The number of hydrogen-bond acceptors (Lipinski definition) is 2. The molecule has 0 aliphatic heterocycles. The smallest absolute Gasteiger partial charge is 0.227 e. The maximum absolute atomic E-state index is 12.0. The number of aryl methyl sites for hydroxylation is 1. The van der Waals surface area contributed by atoms with E-state index in [1.54, 1.807) is 0 Å². The van der Waals surface area contributed by atoms with Gasteiger partial charge in [-0.3, -0.25) is 4.79 Å². The average molecular weight is 257 g/mol. The van der Waals surface area contributed by atoms with Crippen LogP contribution in [0.1, 0.15) is 36.8 Å². The zero-order valence-corrected chi connectivity index (χ0v) is 11.2. The van der Waals surface area contributed by atoms with Crippen LogP contribution in [0.25, 0.3) is 0 Å². The van der Waals surface area contributed by atoms with E-state index in [1.165, 1.54) is 0 Å². The Morgan fingerprint density at radius 1 is 1.42 bits per heavy atom. The first-order valence-corrected chi connectivity index (χ1v) is 6.72. The molecule has 0 radical (unpaired) electrons. The number of carbonyl (C=O) groups is 1. The number of benzene rings is 1. The third kappa shape index (κ3) is 3.59. The van der Waals surface area contributed by atoms with Crippen molar-refractivity contribution in [2.45, 2.75) is 32.6 Å². The van der Waals surface area contributed by atoms with Crippen molar-refractivity contribution in [3.8, 4) is 11.8 Å². The Hall–Kier alpha value is -1.79. The molecule has 0 spiro atoms. The van der Waals surface area contributed by atoms with E-state index in [9.17, 15) is 4.79 Å². The molecule has 1 fully saturated rings. The summed E-state index contributed by atoms with van der Waals surface area (Å²) in [5.74, 6) is 5.80. The van der Waals surface area contributed by atoms with Gasteiger partial charge < -0.3 is 10.4 Å². The van der Waals surface area contributed by atoms with Gasteiger partial charge >= 0.3 is 0 Å². The fraction of sp³-hybridized carbons (Fsp3) is 0.438. The van der Waals surface area contributed by atoms with Gasteiger partial charge in [0.05, 0.1) is 0 Å². The molecule has 0 bridgehead atoms. The highest BCUT2D eigenvalue weighted by atomic mass is 16.2. The number of rotatable bonds is 2. The van der Waals surface area contributed by atoms with Crippen LogP contribution in [0.3, 0.4) is 0 Å². The molecule has 0 heterocycles. The molecular weight excluding hydrogens is 238 g/mol. The van der Waals surface area contributed by atoms with Crippen molar-refractivity contribution >= 4 is 11.6 Å². The second-order valence-electron chi connectivity index (χ2n) is 4.96. The highest BCUT2D eigenvalue weighted by Gasteiger charge is 2.22. The zero-order valence-electron chi connectivity index (χ0n) is 11.2. The standard InChI is InChI=1S/C16H19NO2/c1-12-8-9-15(11-14(12)7-4-10-18)17-16(19)13-5-2-3-6-13/h8-9,11,13,18H,2-3,5-6,10H2,1H3,(H,17,19). The first-order valence-electron chi connectivity index (χ1n) is 6.72. The van der Waals surface area contributed by atoms with Crippen molar-refractivity contribution in [2.24, 2.45) is 5.92 Å². The highest BCUT2D eigenvalue weighted by Crippen LogP contribution is 2.26. The third-order valence-electron chi connectivity index (χ3n) is 3.53. The summed E-state index contributed by atoms with van der Waals surface area (Å²) in [7, 11) is 0. The number of nitrogens with one attached hydrogen (secondary N) is 1. The Morgan fingerprint density at radius 3 is 2.84 bits per heavy atom. The monoisotopic (exact) mass is 257 g/mol. The van der Waals surface area contributed by atoms with Crippen LogP contribution in [-0.2, 0) is 4.79 Å². The first kappa shape index (κ1) is 13.6. The lowest BCUT2D eigenvalue weighted by Gasteiger charge is -2.11. The Labute approximate surface area is 114 Å². The van der Waals surface area contributed by atoms with E-state index in [-0.39, 0.29) is 18.4 Å². The minimum Gasteiger partial charge on any atom is -0.384 e. The van der Waals surface area contributed by atoms with E-state index < -0.39 is 0 Å². The van der Waals surface area contributed by atoms with Crippen LogP contribution in [0.15, 0.2) is 18.2 Å². The van der Waals surface area contributed by atoms with Gasteiger partial charge in [-0.15, -0.1) is 0 Å². The van der Waals surface area contributed by atoms with Gasteiger partial charge in [0.25, 0.3) is 0 Å². The van der Waals surface area contributed by atoms with Crippen molar-refractivity contribution < 1.29 is 9.90 Å². The molecule has 100 valence electrons. The van der Waals surface area contributed by atoms with E-state index in [0.29, 0.717) is 0 Å². The fourth-order valence-corrected chi connectivity index (χ4v) is 2.40. The van der Waals surface area contributed by atoms with E-state index in [4.69, 9.17) is 5.11 Å². The first-order chi connectivity index (χ1) is 9.20. The molecule has 2 N–H and O–H groups in total. The summed E-state index contributed by atoms with van der Waals surface area (Å²) in [6.07, 6.45) is 4.29. The van der Waals surface area contributed by atoms with Crippen LogP contribution in [-0.4, -0.2) is 17.6 Å². The van der Waals surface area contributed by atoms with Gasteiger partial charge in [-0.05, 0) is 37.5 Å². The number of anilines is 1. The maximum atomic E-state index is 12.0. The van der Waals surface area contributed by atoms with Crippen molar-refractivity contribution in [3.63, 3.8) is 0 Å². The number of amides is 1. The summed E-state index contributed by atoms with van der Waals surface area (Å²) in [5, 5.41) is 11.7. The van der Waals surface area contributed by atoms with Crippen LogP contribution < -0.4 is 5.32 Å². The topological polar surface area (TPSA) is 49.3 Å². The summed E-state index contributed by atoms with van der Waals surface area (Å²) in [6, 6.07) is 5.70. The molecule has 0 unspecified atom stereocenters. The van der Waals surface area contributed by atoms with Crippen LogP contribution in [0.5, 0.6) is 0 Å². The maximum Gasteiger partial charge on any atom is 0.227 e. The van der Waals surface area contributed by atoms with E-state index in [1.807, 2.05) is 25.1 Å². The number of aliphatic hydroxyl groups is 1. The zero-order chi connectivity index (χ0) is 13.7. The summed E-state index contributed by atoms with van der Waals surface area (Å²) >= 11 is 0. The predicted molar refractivity (Wildman–Crippen MR) is 75.7 cm³/mol. The molecule has 0 atom stereocenters. The van der Waals surface area contributed by atoms with E-state index in [2.05, 4.69) is 17.2 Å². The van der Waals surface area contributed by atoms with Gasteiger partial charge in [-0.2, -0.15) is 0 Å². The van der Waals surface area contributed by atoms with Gasteiger partial charge in [0.2, 0.25) is 5.91 Å². The summed E-state index contributed by atoms with van der Waals surface area (Å²) in [5.41, 5.74) is 2.67. The Morgan fingerprint density at radius 2 is 2.16 bits per heavy atom. The van der Waals surface area contributed by atoms with Crippen molar-refractivity contribution in [1.82, 2.24) is 0 Å². The fourth-order valence-electron chi connectivity index (χ4n) is 2.40. The Kier molecular flexibility index (Phi) is 4.59. The van der Waals surface area contributed by atoms with E-state index >= 15 is 0 Å². The molecule has 1 aliphatic rings. The molecule has 1 saturated carbocycles. The van der Waals surface area contributed by atoms with E-state index in [0.717, 1.165) is 42.5 Å². The van der Waals surface area contributed by atoms with Gasteiger partial charge in [0.1, 0.15) is 6.61 Å². The molecule has 1 amide bonds.